The Balaban J connectivity index is 1.88. The molecule has 3 aromatic rings. The largest absolute Gasteiger partial charge is 0.481 e. The van der Waals surface area contributed by atoms with Crippen molar-refractivity contribution in [2.45, 2.75) is 19.0 Å². The first-order valence-electron chi connectivity index (χ1n) is 10.1. The van der Waals surface area contributed by atoms with Crippen molar-refractivity contribution in [1.82, 2.24) is 10.2 Å². The summed E-state index contributed by atoms with van der Waals surface area (Å²) in [5, 5.41) is 3.17. The molecule has 1 atom stereocenters. The maximum atomic E-state index is 13.9. The van der Waals surface area contributed by atoms with Gasteiger partial charge >= 0.3 is 0 Å². The maximum Gasteiger partial charge on any atom is 0.261 e. The van der Waals surface area contributed by atoms with Gasteiger partial charge in [0.05, 0.1) is 0 Å². The van der Waals surface area contributed by atoms with E-state index in [1.165, 1.54) is 30.1 Å². The lowest BCUT2D eigenvalue weighted by Gasteiger charge is -2.31. The smallest absolute Gasteiger partial charge is 0.261 e. The Morgan fingerprint density at radius 3 is 2.38 bits per heavy atom. The van der Waals surface area contributed by atoms with E-state index >= 15 is 0 Å². The van der Waals surface area contributed by atoms with E-state index in [1.54, 1.807) is 24.3 Å². The predicted octanol–water partition coefficient (Wildman–Crippen LogP) is 4.24. The molecule has 166 valence electrons. The Kier molecular flexibility index (Phi) is 8.22. The number of halogens is 2. The first kappa shape index (κ1) is 23.3. The quantitative estimate of drug-likeness (QED) is 0.526. The van der Waals surface area contributed by atoms with Gasteiger partial charge in [-0.2, -0.15) is 0 Å². The van der Waals surface area contributed by atoms with Crippen molar-refractivity contribution < 1.29 is 18.7 Å². The van der Waals surface area contributed by atoms with E-state index < -0.39 is 24.4 Å². The highest BCUT2D eigenvalue weighted by Crippen LogP contribution is 2.19. The van der Waals surface area contributed by atoms with Crippen molar-refractivity contribution in [3.8, 4) is 5.75 Å². The molecule has 0 unspecified atom stereocenters. The van der Waals surface area contributed by atoms with Crippen LogP contribution in [-0.4, -0.2) is 36.4 Å². The molecule has 2 amide bonds. The molecule has 7 heteroatoms. The molecule has 3 aromatic carbocycles. The Morgan fingerprint density at radius 1 is 1.00 bits per heavy atom. The molecular weight excluding hydrogens is 431 g/mol. The highest BCUT2D eigenvalue weighted by molar-refractivity contribution is 6.30. The van der Waals surface area contributed by atoms with Crippen molar-refractivity contribution in [2.75, 3.05) is 13.7 Å². The van der Waals surface area contributed by atoms with Crippen molar-refractivity contribution in [2.24, 2.45) is 0 Å². The van der Waals surface area contributed by atoms with Gasteiger partial charge in [0.25, 0.3) is 5.91 Å². The monoisotopic (exact) mass is 454 g/mol. The second-order valence-corrected chi connectivity index (χ2v) is 7.63. The minimum absolute atomic E-state index is 0.0249. The summed E-state index contributed by atoms with van der Waals surface area (Å²) >= 11 is 6.12. The van der Waals surface area contributed by atoms with E-state index in [0.29, 0.717) is 11.4 Å². The SMILES string of the molecule is CNC(=O)[C@@H](Cc1ccccc1)N(Cc1cccc(Cl)c1)C(=O)COc1ccccc1F. The van der Waals surface area contributed by atoms with E-state index in [9.17, 15) is 14.0 Å². The van der Waals surface area contributed by atoms with Gasteiger partial charge in [-0.15, -0.1) is 0 Å². The zero-order valence-electron chi connectivity index (χ0n) is 17.6. The molecule has 0 fully saturated rings. The lowest BCUT2D eigenvalue weighted by Crippen LogP contribution is -2.51. The maximum absolute atomic E-state index is 13.9. The molecule has 0 aromatic heterocycles. The minimum atomic E-state index is -0.793. The zero-order valence-corrected chi connectivity index (χ0v) is 18.4. The summed E-state index contributed by atoms with van der Waals surface area (Å²) in [5.74, 6) is -1.34. The molecule has 0 aliphatic rings. The molecule has 0 heterocycles. The van der Waals surface area contributed by atoms with Crippen LogP contribution >= 0.6 is 11.6 Å². The van der Waals surface area contributed by atoms with Crippen molar-refractivity contribution in [1.29, 1.82) is 0 Å². The number of hydrogen-bond acceptors (Lipinski definition) is 3. The van der Waals surface area contributed by atoms with Gasteiger partial charge in [0, 0.05) is 25.0 Å². The normalized spacial score (nSPS) is 11.5. The lowest BCUT2D eigenvalue weighted by molar-refractivity contribution is -0.142. The molecule has 32 heavy (non-hydrogen) atoms. The molecule has 5 nitrogen and oxygen atoms in total. The Bertz CT molecular complexity index is 1060. The van der Waals surface area contributed by atoms with E-state index in [-0.39, 0.29) is 18.2 Å². The number of likely N-dealkylation sites (N-methyl/N-ethyl adjacent to an activating group) is 1. The van der Waals surface area contributed by atoms with Crippen LogP contribution < -0.4 is 10.1 Å². The molecule has 0 aliphatic heterocycles. The van der Waals surface area contributed by atoms with Crippen LogP contribution in [0.15, 0.2) is 78.9 Å². The van der Waals surface area contributed by atoms with Gasteiger partial charge in [-0.1, -0.05) is 66.2 Å². The Morgan fingerprint density at radius 2 is 1.69 bits per heavy atom. The third-order valence-corrected chi connectivity index (χ3v) is 5.18. The van der Waals surface area contributed by atoms with Crippen LogP contribution in [0.5, 0.6) is 5.75 Å². The fourth-order valence-electron chi connectivity index (χ4n) is 3.34. The lowest BCUT2D eigenvalue weighted by atomic mass is 10.0. The molecule has 3 rings (SSSR count). The van der Waals surface area contributed by atoms with Crippen LogP contribution in [0.2, 0.25) is 5.02 Å². The number of para-hydroxylation sites is 1. The molecule has 0 spiro atoms. The van der Waals surface area contributed by atoms with Gasteiger partial charge in [0.2, 0.25) is 5.91 Å². The van der Waals surface area contributed by atoms with Crippen molar-refractivity contribution in [3.63, 3.8) is 0 Å². The number of carbonyl (C=O) groups is 2. The molecule has 0 aliphatic carbocycles. The number of benzene rings is 3. The minimum Gasteiger partial charge on any atom is -0.481 e. The van der Waals surface area contributed by atoms with Gasteiger partial charge in [0.15, 0.2) is 18.2 Å². The average Bonchev–Trinajstić information content (AvgIpc) is 2.81. The topological polar surface area (TPSA) is 58.6 Å². The summed E-state index contributed by atoms with van der Waals surface area (Å²) in [4.78, 5) is 27.5. The highest BCUT2D eigenvalue weighted by atomic mass is 35.5. The third kappa shape index (κ3) is 6.31. The van der Waals surface area contributed by atoms with Gasteiger partial charge < -0.3 is 15.0 Å². The van der Waals surface area contributed by atoms with Gasteiger partial charge in [-0.25, -0.2) is 4.39 Å². The van der Waals surface area contributed by atoms with Crippen LogP contribution in [0.25, 0.3) is 0 Å². The molecule has 1 N–H and O–H groups in total. The van der Waals surface area contributed by atoms with E-state index in [4.69, 9.17) is 16.3 Å². The summed E-state index contributed by atoms with van der Waals surface area (Å²) in [6.07, 6.45) is 0.312. The summed E-state index contributed by atoms with van der Waals surface area (Å²) in [6, 6.07) is 21.6. The van der Waals surface area contributed by atoms with Gasteiger partial charge in [0.1, 0.15) is 6.04 Å². The van der Waals surface area contributed by atoms with E-state index in [1.807, 2.05) is 36.4 Å². The van der Waals surface area contributed by atoms with Crippen LogP contribution in [0.4, 0.5) is 4.39 Å². The third-order valence-electron chi connectivity index (χ3n) is 4.95. The number of amides is 2. The molecule has 0 bridgehead atoms. The number of nitrogens with zero attached hydrogens (tertiary/aromatic N) is 1. The molecule has 0 saturated heterocycles. The van der Waals surface area contributed by atoms with Crippen molar-refractivity contribution in [3.05, 3.63) is 101 Å². The first-order valence-corrected chi connectivity index (χ1v) is 10.5. The van der Waals surface area contributed by atoms with Gasteiger partial charge in [-0.3, -0.25) is 9.59 Å². The number of carbonyl (C=O) groups excluding carboxylic acids is 2. The summed E-state index contributed by atoms with van der Waals surface area (Å²) in [7, 11) is 1.53. The van der Waals surface area contributed by atoms with Crippen molar-refractivity contribution >= 4 is 23.4 Å². The summed E-state index contributed by atoms with van der Waals surface area (Å²) in [6.45, 7) is -0.269. The number of ether oxygens (including phenoxy) is 1. The first-order chi connectivity index (χ1) is 15.5. The van der Waals surface area contributed by atoms with Crippen LogP contribution in [0.3, 0.4) is 0 Å². The highest BCUT2D eigenvalue weighted by Gasteiger charge is 2.30. The number of hydrogen-bond donors (Lipinski definition) is 1. The van der Waals surface area contributed by atoms with E-state index in [0.717, 1.165) is 11.1 Å². The van der Waals surface area contributed by atoms with Crippen LogP contribution in [-0.2, 0) is 22.6 Å². The fourth-order valence-corrected chi connectivity index (χ4v) is 3.55. The standard InChI is InChI=1S/C25H24ClFN2O3/c1-28-25(31)22(15-18-8-3-2-4-9-18)29(16-19-10-7-11-20(26)14-19)24(30)17-32-23-13-6-5-12-21(23)27/h2-14,22H,15-17H2,1H3,(H,28,31)/t22-/m1/s1. The summed E-state index contributed by atoms with van der Waals surface area (Å²) in [5.41, 5.74) is 1.67. The Hall–Kier alpha value is -3.38. The number of rotatable bonds is 9. The second kappa shape index (κ2) is 11.3. The number of nitrogens with one attached hydrogen (secondary N) is 1. The predicted molar refractivity (Wildman–Crippen MR) is 122 cm³/mol. The molecule has 0 saturated carbocycles. The van der Waals surface area contributed by atoms with E-state index in [2.05, 4.69) is 5.32 Å². The van der Waals surface area contributed by atoms with Gasteiger partial charge in [-0.05, 0) is 35.4 Å². The zero-order chi connectivity index (χ0) is 22.9. The molecular formula is C25H24ClFN2O3. The van der Waals surface area contributed by atoms with Crippen LogP contribution in [0.1, 0.15) is 11.1 Å². The summed E-state index contributed by atoms with van der Waals surface area (Å²) < 4.78 is 19.4. The average molecular weight is 455 g/mol. The Labute approximate surface area is 191 Å². The van der Waals surface area contributed by atoms with Crippen LogP contribution in [0, 0.1) is 5.82 Å². The molecule has 0 radical (unpaired) electrons. The fraction of sp³-hybridized carbons (Fsp3) is 0.200. The second-order valence-electron chi connectivity index (χ2n) is 7.19.